The lowest BCUT2D eigenvalue weighted by atomic mass is 10.0. The van der Waals surface area contributed by atoms with Crippen LogP contribution in [0.4, 0.5) is 0 Å². The second-order valence-electron chi connectivity index (χ2n) is 3.85. The molecule has 0 bridgehead atoms. The van der Waals surface area contributed by atoms with Gasteiger partial charge in [-0.2, -0.15) is 0 Å². The van der Waals surface area contributed by atoms with Crippen LogP contribution in [-0.4, -0.2) is 22.6 Å². The van der Waals surface area contributed by atoms with Gasteiger partial charge in [0.15, 0.2) is 0 Å². The van der Waals surface area contributed by atoms with Gasteiger partial charge >= 0.3 is 5.97 Å². The van der Waals surface area contributed by atoms with E-state index in [4.69, 9.17) is 15.6 Å². The van der Waals surface area contributed by atoms with Gasteiger partial charge in [-0.05, 0) is 25.5 Å². The lowest BCUT2D eigenvalue weighted by Gasteiger charge is -2.25. The minimum atomic E-state index is -1.37. The van der Waals surface area contributed by atoms with E-state index in [1.165, 1.54) is 19.1 Å². The molecule has 0 fully saturated rings. The van der Waals surface area contributed by atoms with E-state index >= 15 is 0 Å². The smallest absolute Gasteiger partial charge is 0.347 e. The normalized spacial score (nSPS) is 13.8. The van der Waals surface area contributed by atoms with Crippen molar-refractivity contribution in [3.8, 4) is 5.75 Å². The van der Waals surface area contributed by atoms with Gasteiger partial charge in [0, 0.05) is 0 Å². The fraction of sp³-hybridized carbons (Fsp3) is 0.333. The molecule has 1 rings (SSSR count). The van der Waals surface area contributed by atoms with Gasteiger partial charge < -0.3 is 15.6 Å². The van der Waals surface area contributed by atoms with Gasteiger partial charge in [-0.3, -0.25) is 4.79 Å². The summed E-state index contributed by atoms with van der Waals surface area (Å²) in [5.41, 5.74) is 3.99. The van der Waals surface area contributed by atoms with E-state index in [9.17, 15) is 9.59 Å². The highest BCUT2D eigenvalue weighted by molar-refractivity contribution is 5.95. The minimum absolute atomic E-state index is 0.174. The Morgan fingerprint density at radius 3 is 2.47 bits per heavy atom. The second kappa shape index (κ2) is 4.86. The van der Waals surface area contributed by atoms with Crippen molar-refractivity contribution >= 4 is 11.9 Å². The molecule has 0 aliphatic rings. The molecule has 0 radical (unpaired) electrons. The van der Waals surface area contributed by atoms with Crippen LogP contribution in [0, 0.1) is 0 Å². The second-order valence-corrected chi connectivity index (χ2v) is 3.85. The third kappa shape index (κ3) is 2.75. The molecule has 5 heteroatoms. The molecule has 92 valence electrons. The maximum absolute atomic E-state index is 11.2. The lowest BCUT2D eigenvalue weighted by molar-refractivity contribution is -0.154. The predicted molar refractivity (Wildman–Crippen MR) is 61.9 cm³/mol. The van der Waals surface area contributed by atoms with Crippen LogP contribution in [-0.2, 0) is 4.79 Å². The largest absolute Gasteiger partial charge is 0.478 e. The fourth-order valence-corrected chi connectivity index (χ4v) is 1.27. The first kappa shape index (κ1) is 13.0. The van der Waals surface area contributed by atoms with E-state index in [2.05, 4.69) is 0 Å². The summed E-state index contributed by atoms with van der Waals surface area (Å²) in [6.45, 7) is 3.15. The van der Waals surface area contributed by atoms with Crippen molar-refractivity contribution in [1.82, 2.24) is 0 Å². The van der Waals surface area contributed by atoms with Crippen molar-refractivity contribution < 1.29 is 19.4 Å². The van der Waals surface area contributed by atoms with Gasteiger partial charge in [0.05, 0.1) is 5.56 Å². The van der Waals surface area contributed by atoms with Crippen LogP contribution < -0.4 is 10.5 Å². The number of aliphatic carboxylic acids is 1. The number of carbonyl (C=O) groups is 2. The molecule has 1 atom stereocenters. The highest BCUT2D eigenvalue weighted by atomic mass is 16.5. The number of ether oxygens (including phenoxy) is 1. The number of carboxylic acids is 1. The Morgan fingerprint density at radius 1 is 1.41 bits per heavy atom. The molecule has 3 N–H and O–H groups in total. The van der Waals surface area contributed by atoms with Gasteiger partial charge in [0.2, 0.25) is 5.60 Å². The van der Waals surface area contributed by atoms with Crippen LogP contribution in [0.3, 0.4) is 0 Å². The van der Waals surface area contributed by atoms with Crippen LogP contribution in [0.2, 0.25) is 0 Å². The van der Waals surface area contributed by atoms with E-state index in [0.717, 1.165) is 0 Å². The van der Waals surface area contributed by atoms with Gasteiger partial charge in [-0.15, -0.1) is 0 Å². The number of rotatable bonds is 5. The molecule has 0 spiro atoms. The summed E-state index contributed by atoms with van der Waals surface area (Å²) in [6.07, 6.45) is 0.273. The average molecular weight is 237 g/mol. The first-order valence-electron chi connectivity index (χ1n) is 5.22. The standard InChI is InChI=1S/C12H15NO4/c1-3-12(2,11(15)16)17-9-7-5-4-6-8(9)10(13)14/h4-7H,3H2,1-2H3,(H2,13,14)(H,15,16). The summed E-state index contributed by atoms with van der Waals surface area (Å²) in [4.78, 5) is 22.3. The number of benzene rings is 1. The van der Waals surface area contributed by atoms with Crippen LogP contribution in [0.15, 0.2) is 24.3 Å². The third-order valence-corrected chi connectivity index (χ3v) is 2.61. The number of nitrogens with two attached hydrogens (primary N) is 1. The molecule has 0 heterocycles. The number of amides is 1. The van der Waals surface area contributed by atoms with E-state index in [1.807, 2.05) is 0 Å². The Bertz CT molecular complexity index is 444. The van der Waals surface area contributed by atoms with Gasteiger partial charge in [0.1, 0.15) is 5.75 Å². The molecular weight excluding hydrogens is 222 g/mol. The molecular formula is C12H15NO4. The zero-order chi connectivity index (χ0) is 13.1. The van der Waals surface area contributed by atoms with Crippen molar-refractivity contribution in [1.29, 1.82) is 0 Å². The van der Waals surface area contributed by atoms with Crippen molar-refractivity contribution in [3.05, 3.63) is 29.8 Å². The van der Waals surface area contributed by atoms with E-state index < -0.39 is 17.5 Å². The van der Waals surface area contributed by atoms with Crippen molar-refractivity contribution in [2.45, 2.75) is 25.9 Å². The predicted octanol–water partition coefficient (Wildman–Crippen LogP) is 1.42. The Morgan fingerprint density at radius 2 is 2.00 bits per heavy atom. The molecule has 0 saturated carbocycles. The lowest BCUT2D eigenvalue weighted by Crippen LogP contribution is -2.41. The zero-order valence-electron chi connectivity index (χ0n) is 9.77. The van der Waals surface area contributed by atoms with Crippen molar-refractivity contribution in [2.24, 2.45) is 5.73 Å². The molecule has 1 aromatic rings. The average Bonchev–Trinajstić information content (AvgIpc) is 2.29. The summed E-state index contributed by atoms with van der Waals surface area (Å²) in [7, 11) is 0. The quantitative estimate of drug-likeness (QED) is 0.810. The summed E-state index contributed by atoms with van der Waals surface area (Å²) < 4.78 is 5.40. The number of hydrogen-bond acceptors (Lipinski definition) is 3. The van der Waals surface area contributed by atoms with E-state index in [1.54, 1.807) is 19.1 Å². The Kier molecular flexibility index (Phi) is 3.73. The Hall–Kier alpha value is -2.04. The molecule has 1 aromatic carbocycles. The van der Waals surface area contributed by atoms with Crippen molar-refractivity contribution in [3.63, 3.8) is 0 Å². The summed E-state index contributed by atoms with van der Waals surface area (Å²) in [6, 6.07) is 6.31. The molecule has 1 unspecified atom stereocenters. The topological polar surface area (TPSA) is 89.6 Å². The van der Waals surface area contributed by atoms with Crippen LogP contribution in [0.25, 0.3) is 0 Å². The van der Waals surface area contributed by atoms with Gasteiger partial charge in [-0.25, -0.2) is 4.79 Å². The SMILES string of the molecule is CCC(C)(Oc1ccccc1C(N)=O)C(=O)O. The molecule has 0 saturated heterocycles. The third-order valence-electron chi connectivity index (χ3n) is 2.61. The Labute approximate surface area is 99.2 Å². The first-order chi connectivity index (χ1) is 7.90. The number of para-hydroxylation sites is 1. The van der Waals surface area contributed by atoms with E-state index in [-0.39, 0.29) is 17.7 Å². The van der Waals surface area contributed by atoms with Crippen LogP contribution >= 0.6 is 0 Å². The highest BCUT2D eigenvalue weighted by Gasteiger charge is 2.34. The first-order valence-corrected chi connectivity index (χ1v) is 5.22. The number of hydrogen-bond donors (Lipinski definition) is 2. The van der Waals surface area contributed by atoms with Crippen LogP contribution in [0.1, 0.15) is 30.6 Å². The molecule has 1 amide bonds. The van der Waals surface area contributed by atoms with Gasteiger partial charge in [-0.1, -0.05) is 19.1 Å². The fourth-order valence-electron chi connectivity index (χ4n) is 1.27. The molecule has 0 aliphatic heterocycles. The van der Waals surface area contributed by atoms with Crippen LogP contribution in [0.5, 0.6) is 5.75 Å². The molecule has 17 heavy (non-hydrogen) atoms. The summed E-state index contributed by atoms with van der Waals surface area (Å²) in [5, 5.41) is 9.08. The summed E-state index contributed by atoms with van der Waals surface area (Å²) >= 11 is 0. The highest BCUT2D eigenvalue weighted by Crippen LogP contribution is 2.25. The number of primary amides is 1. The zero-order valence-corrected chi connectivity index (χ0v) is 9.77. The van der Waals surface area contributed by atoms with Gasteiger partial charge in [0.25, 0.3) is 5.91 Å². The van der Waals surface area contributed by atoms with Crippen molar-refractivity contribution in [2.75, 3.05) is 0 Å². The number of carboxylic acid groups (broad SMARTS) is 1. The monoisotopic (exact) mass is 237 g/mol. The molecule has 0 aliphatic carbocycles. The van der Waals surface area contributed by atoms with E-state index in [0.29, 0.717) is 0 Å². The summed E-state index contributed by atoms with van der Waals surface area (Å²) in [5.74, 6) is -1.55. The number of carbonyl (C=O) groups excluding carboxylic acids is 1. The molecule has 5 nitrogen and oxygen atoms in total. The minimum Gasteiger partial charge on any atom is -0.478 e. The maximum Gasteiger partial charge on any atom is 0.347 e. The molecule has 0 aromatic heterocycles. The Balaban J connectivity index is 3.10. The maximum atomic E-state index is 11.2.